The molecule has 27 heavy (non-hydrogen) atoms. The maximum atomic E-state index is 10.6. The van der Waals surface area contributed by atoms with Gasteiger partial charge in [0.05, 0.1) is 24.4 Å². The van der Waals surface area contributed by atoms with Gasteiger partial charge < -0.3 is 20.1 Å². The number of aliphatic hydroxyl groups is 1. The van der Waals surface area contributed by atoms with E-state index in [9.17, 15) is 5.11 Å². The molecule has 0 aliphatic carbocycles. The van der Waals surface area contributed by atoms with Crippen molar-refractivity contribution in [1.29, 1.82) is 0 Å². The molecule has 1 aromatic heterocycles. The maximum Gasteiger partial charge on any atom is 0.121 e. The Morgan fingerprint density at radius 2 is 2.00 bits per heavy atom. The van der Waals surface area contributed by atoms with Crippen LogP contribution in [0.25, 0.3) is 10.9 Å². The number of benzene rings is 1. The van der Waals surface area contributed by atoms with Crippen molar-refractivity contribution in [3.63, 3.8) is 0 Å². The van der Waals surface area contributed by atoms with E-state index >= 15 is 0 Å². The van der Waals surface area contributed by atoms with Gasteiger partial charge in [-0.15, -0.1) is 0 Å². The lowest BCUT2D eigenvalue weighted by molar-refractivity contribution is 0.113. The van der Waals surface area contributed by atoms with Crippen molar-refractivity contribution in [3.05, 3.63) is 30.0 Å². The predicted molar refractivity (Wildman–Crippen MR) is 114 cm³/mol. The van der Waals surface area contributed by atoms with Crippen LogP contribution < -0.4 is 10.1 Å². The van der Waals surface area contributed by atoms with Gasteiger partial charge in [-0.1, -0.05) is 33.3 Å². The van der Waals surface area contributed by atoms with Crippen LogP contribution in [0.4, 0.5) is 5.69 Å². The largest absolute Gasteiger partial charge is 0.497 e. The molecule has 2 rings (SSSR count). The number of hydrogen-bond donors (Lipinski definition) is 2. The van der Waals surface area contributed by atoms with Gasteiger partial charge in [-0.3, -0.25) is 4.98 Å². The number of fused-ring (bicyclic) bond motifs is 1. The zero-order valence-corrected chi connectivity index (χ0v) is 17.5. The summed E-state index contributed by atoms with van der Waals surface area (Å²) in [5, 5.41) is 15.0. The molecule has 0 saturated heterocycles. The fourth-order valence-electron chi connectivity index (χ4n) is 3.30. The van der Waals surface area contributed by atoms with E-state index in [1.54, 1.807) is 7.11 Å². The Morgan fingerprint density at radius 1 is 1.22 bits per heavy atom. The van der Waals surface area contributed by atoms with Crippen molar-refractivity contribution in [2.45, 2.75) is 46.6 Å². The Kier molecular flexibility index (Phi) is 8.32. The number of pyridine rings is 1. The first-order valence-corrected chi connectivity index (χ1v) is 10.0. The minimum atomic E-state index is -0.438. The number of rotatable bonds is 11. The lowest BCUT2D eigenvalue weighted by atomic mass is 10.1. The molecular weight excluding hydrogens is 338 g/mol. The highest BCUT2D eigenvalue weighted by atomic mass is 16.5. The number of aromatic nitrogens is 1. The smallest absolute Gasteiger partial charge is 0.121 e. The second kappa shape index (κ2) is 10.5. The lowest BCUT2D eigenvalue weighted by Gasteiger charge is -2.27. The van der Waals surface area contributed by atoms with Crippen LogP contribution in [0.2, 0.25) is 0 Å². The first-order valence-electron chi connectivity index (χ1n) is 10.0. The fourth-order valence-corrected chi connectivity index (χ4v) is 3.30. The number of unbranched alkanes of at least 4 members (excludes halogenated alkanes) is 1. The molecule has 1 heterocycles. The third-order valence-electron chi connectivity index (χ3n) is 4.59. The summed E-state index contributed by atoms with van der Waals surface area (Å²) < 4.78 is 5.41. The zero-order chi connectivity index (χ0) is 19.8. The van der Waals surface area contributed by atoms with Crippen LogP contribution >= 0.6 is 0 Å². The zero-order valence-electron chi connectivity index (χ0n) is 17.5. The number of aliphatic hydroxyl groups excluding tert-OH is 1. The Morgan fingerprint density at radius 3 is 2.67 bits per heavy atom. The molecule has 1 aromatic carbocycles. The summed E-state index contributed by atoms with van der Waals surface area (Å²) in [4.78, 5) is 7.03. The second-order valence-corrected chi connectivity index (χ2v) is 7.74. The molecule has 0 unspecified atom stereocenters. The molecular formula is C22H35N3O2. The van der Waals surface area contributed by atoms with E-state index in [0.717, 1.165) is 47.5 Å². The maximum absolute atomic E-state index is 10.6. The van der Waals surface area contributed by atoms with Crippen molar-refractivity contribution < 1.29 is 9.84 Å². The summed E-state index contributed by atoms with van der Waals surface area (Å²) >= 11 is 0. The molecule has 0 fully saturated rings. The third-order valence-corrected chi connectivity index (χ3v) is 4.59. The SMILES string of the molecule is CCCCN(CC(C)C)C[C@H](O)CNc1cc(OC)cc2ccc(C)nc12. The molecule has 1 atom stereocenters. The number of anilines is 1. The van der Waals surface area contributed by atoms with Gasteiger partial charge >= 0.3 is 0 Å². The van der Waals surface area contributed by atoms with Gasteiger partial charge in [0.25, 0.3) is 0 Å². The van der Waals surface area contributed by atoms with Crippen molar-refractivity contribution in [2.75, 3.05) is 38.6 Å². The minimum Gasteiger partial charge on any atom is -0.497 e. The topological polar surface area (TPSA) is 57.6 Å². The van der Waals surface area contributed by atoms with Crippen LogP contribution in [-0.2, 0) is 0 Å². The number of nitrogens with one attached hydrogen (secondary N) is 1. The molecule has 0 aliphatic heterocycles. The molecule has 5 nitrogen and oxygen atoms in total. The van der Waals surface area contributed by atoms with Gasteiger partial charge in [0.2, 0.25) is 0 Å². The van der Waals surface area contributed by atoms with Gasteiger partial charge in [-0.25, -0.2) is 0 Å². The number of aryl methyl sites for hydroxylation is 1. The summed E-state index contributed by atoms with van der Waals surface area (Å²) in [6, 6.07) is 7.98. The number of hydrogen-bond acceptors (Lipinski definition) is 5. The summed E-state index contributed by atoms with van der Waals surface area (Å²) in [5.41, 5.74) is 2.78. The number of methoxy groups -OCH3 is 1. The number of nitrogens with zero attached hydrogens (tertiary/aromatic N) is 2. The van der Waals surface area contributed by atoms with Crippen LogP contribution in [0.5, 0.6) is 5.75 Å². The fraction of sp³-hybridized carbons (Fsp3) is 0.591. The third kappa shape index (κ3) is 6.67. The van der Waals surface area contributed by atoms with E-state index in [2.05, 4.69) is 42.0 Å². The van der Waals surface area contributed by atoms with Crippen molar-refractivity contribution >= 4 is 16.6 Å². The van der Waals surface area contributed by atoms with E-state index in [1.807, 2.05) is 25.1 Å². The summed E-state index contributed by atoms with van der Waals surface area (Å²) in [6.07, 6.45) is 1.90. The molecule has 5 heteroatoms. The van der Waals surface area contributed by atoms with Crippen LogP contribution in [0.15, 0.2) is 24.3 Å². The van der Waals surface area contributed by atoms with Gasteiger partial charge in [-0.05, 0) is 37.9 Å². The summed E-state index contributed by atoms with van der Waals surface area (Å²) in [7, 11) is 1.67. The standard InChI is InChI=1S/C22H35N3O2/c1-6-7-10-25(14-16(2)3)15-19(26)13-23-21-12-20(27-5)11-18-9-8-17(4)24-22(18)21/h8-9,11-12,16,19,23,26H,6-7,10,13-15H2,1-5H3/t19-/m1/s1. The van der Waals surface area contributed by atoms with E-state index in [4.69, 9.17) is 4.74 Å². The van der Waals surface area contributed by atoms with Crippen LogP contribution in [-0.4, -0.2) is 54.4 Å². The Balaban J connectivity index is 2.06. The van der Waals surface area contributed by atoms with Crippen molar-refractivity contribution in [3.8, 4) is 5.75 Å². The molecule has 2 aromatic rings. The van der Waals surface area contributed by atoms with Crippen LogP contribution in [0, 0.1) is 12.8 Å². The molecule has 0 saturated carbocycles. The Bertz CT molecular complexity index is 718. The van der Waals surface area contributed by atoms with Crippen LogP contribution in [0.1, 0.15) is 39.3 Å². The van der Waals surface area contributed by atoms with Gasteiger partial charge in [-0.2, -0.15) is 0 Å². The molecule has 0 bridgehead atoms. The average molecular weight is 374 g/mol. The van der Waals surface area contributed by atoms with Gasteiger partial charge in [0.15, 0.2) is 0 Å². The molecule has 0 radical (unpaired) electrons. The minimum absolute atomic E-state index is 0.438. The van der Waals surface area contributed by atoms with Crippen molar-refractivity contribution in [1.82, 2.24) is 9.88 Å². The van der Waals surface area contributed by atoms with E-state index in [0.29, 0.717) is 19.0 Å². The Hall–Kier alpha value is -1.85. The highest BCUT2D eigenvalue weighted by molar-refractivity contribution is 5.92. The first kappa shape index (κ1) is 21.5. The average Bonchev–Trinajstić information content (AvgIpc) is 2.63. The van der Waals surface area contributed by atoms with Gasteiger partial charge in [0.1, 0.15) is 5.75 Å². The van der Waals surface area contributed by atoms with Gasteiger partial charge in [0, 0.05) is 36.8 Å². The predicted octanol–water partition coefficient (Wildman–Crippen LogP) is 4.08. The Labute approximate surface area is 163 Å². The molecule has 0 amide bonds. The van der Waals surface area contributed by atoms with E-state index in [1.165, 1.54) is 6.42 Å². The summed E-state index contributed by atoms with van der Waals surface area (Å²) in [5.74, 6) is 1.38. The highest BCUT2D eigenvalue weighted by Crippen LogP contribution is 2.28. The highest BCUT2D eigenvalue weighted by Gasteiger charge is 2.14. The monoisotopic (exact) mass is 373 g/mol. The second-order valence-electron chi connectivity index (χ2n) is 7.74. The molecule has 150 valence electrons. The quantitative estimate of drug-likeness (QED) is 0.621. The number of ether oxygens (including phenoxy) is 1. The van der Waals surface area contributed by atoms with Crippen LogP contribution in [0.3, 0.4) is 0 Å². The molecule has 0 spiro atoms. The van der Waals surface area contributed by atoms with E-state index in [-0.39, 0.29) is 0 Å². The van der Waals surface area contributed by atoms with E-state index < -0.39 is 6.10 Å². The molecule has 2 N–H and O–H groups in total. The van der Waals surface area contributed by atoms with Crippen molar-refractivity contribution in [2.24, 2.45) is 5.92 Å². The first-order chi connectivity index (χ1) is 12.9. The lowest BCUT2D eigenvalue weighted by Crippen LogP contribution is -2.38. The summed E-state index contributed by atoms with van der Waals surface area (Å²) in [6.45, 7) is 11.8. The molecule has 0 aliphatic rings. The normalized spacial score (nSPS) is 12.7.